The van der Waals surface area contributed by atoms with E-state index in [0.29, 0.717) is 17.0 Å². The molecule has 8 heteroatoms. The highest BCUT2D eigenvalue weighted by Gasteiger charge is 2.17. The average molecular weight is 390 g/mol. The van der Waals surface area contributed by atoms with Crippen molar-refractivity contribution in [2.75, 3.05) is 18.9 Å². The quantitative estimate of drug-likeness (QED) is 0.691. The Morgan fingerprint density at radius 1 is 1.28 bits per heavy atom. The molecule has 2 amide bonds. The van der Waals surface area contributed by atoms with Gasteiger partial charge in [0.2, 0.25) is 11.8 Å². The predicted octanol–water partition coefficient (Wildman–Crippen LogP) is 3.36. The van der Waals surface area contributed by atoms with E-state index < -0.39 is 0 Å². The highest BCUT2D eigenvalue weighted by Crippen LogP contribution is 2.26. The molecule has 2 heterocycles. The molecular weight excluding hydrogens is 372 g/mol. The minimum atomic E-state index is -0.380. The summed E-state index contributed by atoms with van der Waals surface area (Å²) in [6, 6.07) is 13.5. The van der Waals surface area contributed by atoms with Crippen LogP contribution in [0.1, 0.15) is 21.7 Å². The Balaban J connectivity index is 1.63. The van der Waals surface area contributed by atoms with Crippen molar-refractivity contribution in [1.82, 2.24) is 9.88 Å². The van der Waals surface area contributed by atoms with Gasteiger partial charge in [0.1, 0.15) is 17.4 Å². The van der Waals surface area contributed by atoms with Gasteiger partial charge < -0.3 is 19.4 Å². The number of amides is 2. The highest BCUT2D eigenvalue weighted by molar-refractivity contribution is 5.98. The first-order valence-electron chi connectivity index (χ1n) is 8.70. The van der Waals surface area contributed by atoms with Crippen LogP contribution in [-0.2, 0) is 4.79 Å². The minimum Gasteiger partial charge on any atom is -0.459 e. The first-order chi connectivity index (χ1) is 14.0. The molecule has 1 aromatic carbocycles. The van der Waals surface area contributed by atoms with Crippen LogP contribution >= 0.6 is 0 Å². The number of furan rings is 1. The molecule has 0 bridgehead atoms. The normalized spacial score (nSPS) is 10.1. The number of carbonyl (C=O) groups is 2. The van der Waals surface area contributed by atoms with Gasteiger partial charge in [-0.3, -0.25) is 9.59 Å². The summed E-state index contributed by atoms with van der Waals surface area (Å²) in [7, 11) is 1.52. The number of nitriles is 1. The van der Waals surface area contributed by atoms with Crippen LogP contribution < -0.4 is 10.1 Å². The smallest absolute Gasteiger partial charge is 0.289 e. The molecule has 0 unspecified atom stereocenters. The molecule has 146 valence electrons. The number of nitrogens with one attached hydrogen (secondary N) is 1. The Morgan fingerprint density at radius 2 is 2.10 bits per heavy atom. The lowest BCUT2D eigenvalue weighted by Crippen LogP contribution is -2.34. The van der Waals surface area contributed by atoms with Gasteiger partial charge in [0.15, 0.2) is 5.76 Å². The lowest BCUT2D eigenvalue weighted by Gasteiger charge is -2.16. The van der Waals surface area contributed by atoms with Gasteiger partial charge in [0.25, 0.3) is 5.91 Å². The van der Waals surface area contributed by atoms with Crippen molar-refractivity contribution in [3.63, 3.8) is 0 Å². The molecule has 0 saturated carbocycles. The molecule has 0 aliphatic rings. The second-order valence-electron chi connectivity index (χ2n) is 6.23. The number of carbonyl (C=O) groups excluding carboxylic acids is 2. The molecule has 2 aromatic heterocycles. The van der Waals surface area contributed by atoms with Gasteiger partial charge in [-0.2, -0.15) is 5.26 Å². The molecule has 0 spiro atoms. The van der Waals surface area contributed by atoms with E-state index >= 15 is 0 Å². The zero-order valence-corrected chi connectivity index (χ0v) is 15.9. The van der Waals surface area contributed by atoms with Crippen molar-refractivity contribution in [2.45, 2.75) is 6.92 Å². The molecule has 0 aliphatic carbocycles. The summed E-state index contributed by atoms with van der Waals surface area (Å²) in [5.41, 5.74) is 1.67. The molecule has 0 radical (unpaired) electrons. The fourth-order valence-corrected chi connectivity index (χ4v) is 2.57. The number of pyridine rings is 1. The van der Waals surface area contributed by atoms with Crippen LogP contribution in [0.4, 0.5) is 5.69 Å². The number of aromatic nitrogens is 1. The van der Waals surface area contributed by atoms with Crippen LogP contribution in [0.5, 0.6) is 11.6 Å². The van der Waals surface area contributed by atoms with Crippen LogP contribution in [0, 0.1) is 18.3 Å². The van der Waals surface area contributed by atoms with Gasteiger partial charge in [-0.1, -0.05) is 0 Å². The summed E-state index contributed by atoms with van der Waals surface area (Å²) in [6.45, 7) is 1.68. The predicted molar refractivity (Wildman–Crippen MR) is 105 cm³/mol. The zero-order chi connectivity index (χ0) is 20.8. The summed E-state index contributed by atoms with van der Waals surface area (Å²) in [5, 5.41) is 11.9. The van der Waals surface area contributed by atoms with Crippen molar-refractivity contribution in [2.24, 2.45) is 0 Å². The number of rotatable bonds is 6. The third kappa shape index (κ3) is 4.78. The van der Waals surface area contributed by atoms with Gasteiger partial charge in [-0.05, 0) is 55.0 Å². The second kappa shape index (κ2) is 8.71. The number of nitrogens with zero attached hydrogens (tertiary/aromatic N) is 3. The number of aryl methyl sites for hydroxylation is 1. The van der Waals surface area contributed by atoms with Crippen LogP contribution in [0.25, 0.3) is 0 Å². The fourth-order valence-electron chi connectivity index (χ4n) is 2.57. The molecular formula is C21H18N4O4. The van der Waals surface area contributed by atoms with Crippen molar-refractivity contribution in [3.05, 3.63) is 71.8 Å². The summed E-state index contributed by atoms with van der Waals surface area (Å²) < 4.78 is 10.7. The maximum Gasteiger partial charge on any atom is 0.289 e. The van der Waals surface area contributed by atoms with Crippen molar-refractivity contribution in [1.29, 1.82) is 5.26 Å². The molecule has 0 aliphatic heterocycles. The van der Waals surface area contributed by atoms with Gasteiger partial charge in [-0.25, -0.2) is 4.98 Å². The summed E-state index contributed by atoms with van der Waals surface area (Å²) in [4.78, 5) is 29.8. The van der Waals surface area contributed by atoms with E-state index in [1.165, 1.54) is 24.4 Å². The van der Waals surface area contributed by atoms with E-state index in [1.54, 1.807) is 42.5 Å². The van der Waals surface area contributed by atoms with Gasteiger partial charge >= 0.3 is 0 Å². The van der Waals surface area contributed by atoms with E-state index in [1.807, 2.05) is 13.0 Å². The van der Waals surface area contributed by atoms with Crippen LogP contribution in [0.2, 0.25) is 0 Å². The highest BCUT2D eigenvalue weighted by atomic mass is 16.5. The lowest BCUT2D eigenvalue weighted by molar-refractivity contribution is -0.116. The molecule has 0 fully saturated rings. The monoisotopic (exact) mass is 390 g/mol. The van der Waals surface area contributed by atoms with Gasteiger partial charge in [0, 0.05) is 18.9 Å². The largest absolute Gasteiger partial charge is 0.459 e. The van der Waals surface area contributed by atoms with E-state index in [-0.39, 0.29) is 30.0 Å². The Bertz CT molecular complexity index is 1070. The molecule has 1 N–H and O–H groups in total. The minimum absolute atomic E-state index is 0.128. The van der Waals surface area contributed by atoms with Gasteiger partial charge in [0.05, 0.1) is 12.8 Å². The van der Waals surface area contributed by atoms with Crippen molar-refractivity contribution in [3.8, 4) is 17.7 Å². The third-order valence-electron chi connectivity index (χ3n) is 4.04. The van der Waals surface area contributed by atoms with E-state index in [9.17, 15) is 9.59 Å². The molecule has 3 rings (SSSR count). The Labute approximate surface area is 167 Å². The van der Waals surface area contributed by atoms with Crippen LogP contribution in [0.3, 0.4) is 0 Å². The van der Waals surface area contributed by atoms with Crippen LogP contribution in [0.15, 0.2) is 59.3 Å². The number of anilines is 1. The number of ether oxygens (including phenoxy) is 1. The molecule has 8 nitrogen and oxygen atoms in total. The summed E-state index contributed by atoms with van der Waals surface area (Å²) in [5.74, 6) is 0.143. The maximum absolute atomic E-state index is 12.3. The fraction of sp³-hybridized carbons (Fsp3) is 0.143. The first kappa shape index (κ1) is 19.6. The van der Waals surface area contributed by atoms with E-state index in [0.717, 1.165) is 5.56 Å². The standard InChI is InChI=1S/C21H18N4O4/c1-14-11-16(29-20-15(12-22)5-3-9-23-20)7-8-17(14)24-19(26)13-25(2)21(27)18-6-4-10-28-18/h3-11H,13H2,1-2H3,(H,24,26). The SMILES string of the molecule is Cc1cc(Oc2ncccc2C#N)ccc1NC(=O)CN(C)C(=O)c1ccco1. The molecule has 0 saturated heterocycles. The third-order valence-corrected chi connectivity index (χ3v) is 4.04. The van der Waals surface area contributed by atoms with E-state index in [4.69, 9.17) is 14.4 Å². The van der Waals surface area contributed by atoms with Crippen molar-refractivity contribution < 1.29 is 18.7 Å². The Hall–Kier alpha value is -4.12. The Kier molecular flexibility index (Phi) is 5.90. The van der Waals surface area contributed by atoms with Crippen LogP contribution in [-0.4, -0.2) is 35.3 Å². The molecule has 0 atom stereocenters. The number of hydrogen-bond donors (Lipinski definition) is 1. The topological polar surface area (TPSA) is 108 Å². The second-order valence-corrected chi connectivity index (χ2v) is 6.23. The number of benzene rings is 1. The molecule has 3 aromatic rings. The summed E-state index contributed by atoms with van der Waals surface area (Å²) in [6.07, 6.45) is 2.94. The Morgan fingerprint density at radius 3 is 2.79 bits per heavy atom. The number of hydrogen-bond acceptors (Lipinski definition) is 6. The molecule has 29 heavy (non-hydrogen) atoms. The van der Waals surface area contributed by atoms with Crippen molar-refractivity contribution >= 4 is 17.5 Å². The first-order valence-corrected chi connectivity index (χ1v) is 8.70. The lowest BCUT2D eigenvalue weighted by atomic mass is 10.2. The average Bonchev–Trinajstić information content (AvgIpc) is 3.24. The van der Waals surface area contributed by atoms with E-state index in [2.05, 4.69) is 10.3 Å². The summed E-state index contributed by atoms with van der Waals surface area (Å²) >= 11 is 0. The zero-order valence-electron chi connectivity index (χ0n) is 15.9. The van der Waals surface area contributed by atoms with Gasteiger partial charge in [-0.15, -0.1) is 0 Å². The number of likely N-dealkylation sites (N-methyl/N-ethyl adjacent to an activating group) is 1. The maximum atomic E-state index is 12.3.